The zero-order valence-electron chi connectivity index (χ0n) is 13.9. The molecule has 0 aromatic carbocycles. The quantitative estimate of drug-likeness (QED) is 0.806. The monoisotopic (exact) mass is 337 g/mol. The second-order valence-corrected chi connectivity index (χ2v) is 7.57. The molecule has 3 rings (SSSR count). The summed E-state index contributed by atoms with van der Waals surface area (Å²) < 4.78 is 5.68. The SMILES string of the molecule is CN1CCN(CCCNC(=O)c2ccc([C@H]3CCCO3)s2)CC1. The molecule has 2 aliphatic heterocycles. The molecule has 0 aliphatic carbocycles. The Morgan fingerprint density at radius 2 is 2.17 bits per heavy atom. The molecule has 0 spiro atoms. The summed E-state index contributed by atoms with van der Waals surface area (Å²) in [5.74, 6) is 0.0534. The van der Waals surface area contributed by atoms with Crippen molar-refractivity contribution in [3.63, 3.8) is 0 Å². The number of piperazine rings is 1. The molecule has 1 atom stereocenters. The fourth-order valence-corrected chi connectivity index (χ4v) is 4.12. The van der Waals surface area contributed by atoms with Crippen molar-refractivity contribution < 1.29 is 9.53 Å². The molecular weight excluding hydrogens is 310 g/mol. The highest BCUT2D eigenvalue weighted by Crippen LogP contribution is 2.33. The summed E-state index contributed by atoms with van der Waals surface area (Å²) in [6.07, 6.45) is 3.42. The van der Waals surface area contributed by atoms with Gasteiger partial charge in [0.05, 0.1) is 11.0 Å². The molecule has 1 N–H and O–H groups in total. The summed E-state index contributed by atoms with van der Waals surface area (Å²) in [7, 11) is 2.17. The molecule has 1 amide bonds. The number of ether oxygens (including phenoxy) is 1. The van der Waals surface area contributed by atoms with E-state index in [0.717, 1.165) is 70.0 Å². The van der Waals surface area contributed by atoms with Crippen molar-refractivity contribution in [3.05, 3.63) is 21.9 Å². The van der Waals surface area contributed by atoms with Crippen molar-refractivity contribution in [2.75, 3.05) is 52.9 Å². The van der Waals surface area contributed by atoms with Crippen molar-refractivity contribution in [2.24, 2.45) is 0 Å². The van der Waals surface area contributed by atoms with Gasteiger partial charge in [0.1, 0.15) is 0 Å². The number of nitrogens with one attached hydrogen (secondary N) is 1. The zero-order chi connectivity index (χ0) is 16.1. The highest BCUT2D eigenvalue weighted by molar-refractivity contribution is 7.14. The van der Waals surface area contributed by atoms with E-state index in [0.29, 0.717) is 0 Å². The molecule has 2 aliphatic rings. The van der Waals surface area contributed by atoms with Gasteiger partial charge in [-0.15, -0.1) is 11.3 Å². The normalized spacial score (nSPS) is 23.3. The Bertz CT molecular complexity index is 506. The van der Waals surface area contributed by atoms with Gasteiger partial charge in [-0.05, 0) is 45.0 Å². The number of amides is 1. The summed E-state index contributed by atoms with van der Waals surface area (Å²) in [5.41, 5.74) is 0. The Hall–Kier alpha value is -0.950. The maximum Gasteiger partial charge on any atom is 0.261 e. The molecule has 0 bridgehead atoms. The predicted molar refractivity (Wildman–Crippen MR) is 93.1 cm³/mol. The van der Waals surface area contributed by atoms with Gasteiger partial charge in [-0.25, -0.2) is 0 Å². The van der Waals surface area contributed by atoms with Crippen molar-refractivity contribution in [1.29, 1.82) is 0 Å². The van der Waals surface area contributed by atoms with Gasteiger partial charge in [0, 0.05) is 44.2 Å². The number of hydrogen-bond donors (Lipinski definition) is 1. The van der Waals surface area contributed by atoms with Crippen molar-refractivity contribution in [1.82, 2.24) is 15.1 Å². The molecule has 0 radical (unpaired) electrons. The van der Waals surface area contributed by atoms with E-state index in [4.69, 9.17) is 4.74 Å². The van der Waals surface area contributed by atoms with E-state index in [9.17, 15) is 4.79 Å². The van der Waals surface area contributed by atoms with Gasteiger partial charge >= 0.3 is 0 Å². The smallest absolute Gasteiger partial charge is 0.261 e. The minimum absolute atomic E-state index is 0.0534. The van der Waals surface area contributed by atoms with E-state index in [1.165, 1.54) is 4.88 Å². The number of thiophene rings is 1. The van der Waals surface area contributed by atoms with Gasteiger partial charge < -0.3 is 19.9 Å². The Morgan fingerprint density at radius 3 is 2.91 bits per heavy atom. The van der Waals surface area contributed by atoms with Crippen LogP contribution in [0.4, 0.5) is 0 Å². The highest BCUT2D eigenvalue weighted by Gasteiger charge is 2.20. The molecule has 1 aromatic rings. The third-order valence-electron chi connectivity index (χ3n) is 4.63. The molecule has 5 nitrogen and oxygen atoms in total. The second-order valence-electron chi connectivity index (χ2n) is 6.46. The van der Waals surface area contributed by atoms with Crippen LogP contribution in [0.5, 0.6) is 0 Å². The van der Waals surface area contributed by atoms with Crippen LogP contribution in [0.2, 0.25) is 0 Å². The first-order chi connectivity index (χ1) is 11.2. The van der Waals surface area contributed by atoms with Crippen LogP contribution in [-0.4, -0.2) is 68.6 Å². The first-order valence-electron chi connectivity index (χ1n) is 8.63. The standard InChI is InChI=1S/C17H27N3O2S/c1-19-9-11-20(12-10-19)8-3-7-18-17(21)16-6-5-15(23-16)14-4-2-13-22-14/h5-6,14H,2-4,7-13H2,1H3,(H,18,21)/t14-/m1/s1. The molecule has 3 heterocycles. The lowest BCUT2D eigenvalue weighted by atomic mass is 10.2. The Balaban J connectivity index is 1.36. The number of carbonyl (C=O) groups excluding carboxylic acids is 1. The van der Waals surface area contributed by atoms with Crippen LogP contribution in [0.25, 0.3) is 0 Å². The van der Waals surface area contributed by atoms with Crippen molar-refractivity contribution >= 4 is 17.2 Å². The van der Waals surface area contributed by atoms with E-state index in [1.54, 1.807) is 11.3 Å². The first-order valence-corrected chi connectivity index (χ1v) is 9.44. The van der Waals surface area contributed by atoms with Crippen LogP contribution >= 0.6 is 11.3 Å². The molecule has 2 fully saturated rings. The first kappa shape index (κ1) is 16.9. The fourth-order valence-electron chi connectivity index (χ4n) is 3.11. The average molecular weight is 337 g/mol. The number of nitrogens with zero attached hydrogens (tertiary/aromatic N) is 2. The molecule has 23 heavy (non-hydrogen) atoms. The predicted octanol–water partition coefficient (Wildman–Crippen LogP) is 1.97. The lowest BCUT2D eigenvalue weighted by Crippen LogP contribution is -2.45. The summed E-state index contributed by atoms with van der Waals surface area (Å²) in [6, 6.07) is 3.97. The van der Waals surface area contributed by atoms with E-state index < -0.39 is 0 Å². The lowest BCUT2D eigenvalue weighted by molar-refractivity contribution is 0.0953. The van der Waals surface area contributed by atoms with Gasteiger partial charge in [-0.1, -0.05) is 0 Å². The maximum absolute atomic E-state index is 12.2. The van der Waals surface area contributed by atoms with Crippen molar-refractivity contribution in [2.45, 2.75) is 25.4 Å². The summed E-state index contributed by atoms with van der Waals surface area (Å²) >= 11 is 1.57. The summed E-state index contributed by atoms with van der Waals surface area (Å²) in [4.78, 5) is 19.0. The van der Waals surface area contributed by atoms with Gasteiger partial charge in [-0.2, -0.15) is 0 Å². The molecule has 1 aromatic heterocycles. The zero-order valence-corrected chi connectivity index (χ0v) is 14.7. The highest BCUT2D eigenvalue weighted by atomic mass is 32.1. The van der Waals surface area contributed by atoms with Crippen LogP contribution < -0.4 is 5.32 Å². The summed E-state index contributed by atoms with van der Waals surface area (Å²) in [6.45, 7) is 7.23. The minimum atomic E-state index is 0.0534. The van der Waals surface area contributed by atoms with Crippen LogP contribution in [0.15, 0.2) is 12.1 Å². The average Bonchev–Trinajstić information content (AvgIpc) is 3.23. The molecule has 0 unspecified atom stereocenters. The number of hydrogen-bond acceptors (Lipinski definition) is 5. The van der Waals surface area contributed by atoms with Crippen LogP contribution in [0.1, 0.15) is 39.9 Å². The fraction of sp³-hybridized carbons (Fsp3) is 0.706. The third kappa shape index (κ3) is 4.76. The van der Waals surface area contributed by atoms with Gasteiger partial charge in [0.2, 0.25) is 0 Å². The van der Waals surface area contributed by atoms with E-state index in [2.05, 4.69) is 22.2 Å². The van der Waals surface area contributed by atoms with Crippen molar-refractivity contribution in [3.8, 4) is 0 Å². The van der Waals surface area contributed by atoms with Crippen LogP contribution in [0.3, 0.4) is 0 Å². The molecule has 128 valence electrons. The third-order valence-corrected chi connectivity index (χ3v) is 5.81. The van der Waals surface area contributed by atoms with Gasteiger partial charge in [0.15, 0.2) is 0 Å². The van der Waals surface area contributed by atoms with E-state index in [1.807, 2.05) is 12.1 Å². The van der Waals surface area contributed by atoms with Gasteiger partial charge in [-0.3, -0.25) is 4.79 Å². The Labute approximate surface area is 142 Å². The molecule has 2 saturated heterocycles. The van der Waals surface area contributed by atoms with E-state index in [-0.39, 0.29) is 12.0 Å². The second kappa shape index (κ2) is 8.24. The molecular formula is C17H27N3O2S. The summed E-state index contributed by atoms with van der Waals surface area (Å²) in [5, 5.41) is 3.04. The number of likely N-dealkylation sites (N-methyl/N-ethyl adjacent to an activating group) is 1. The molecule has 0 saturated carbocycles. The van der Waals surface area contributed by atoms with Gasteiger partial charge in [0.25, 0.3) is 5.91 Å². The van der Waals surface area contributed by atoms with Crippen LogP contribution in [0, 0.1) is 0 Å². The van der Waals surface area contributed by atoms with E-state index >= 15 is 0 Å². The Morgan fingerprint density at radius 1 is 1.35 bits per heavy atom. The number of carbonyl (C=O) groups is 1. The molecule has 6 heteroatoms. The Kier molecular flexibility index (Phi) is 6.05. The maximum atomic E-state index is 12.2. The van der Waals surface area contributed by atoms with Crippen LogP contribution in [-0.2, 0) is 4.74 Å². The lowest BCUT2D eigenvalue weighted by Gasteiger charge is -2.32. The largest absolute Gasteiger partial charge is 0.373 e. The topological polar surface area (TPSA) is 44.8 Å². The minimum Gasteiger partial charge on any atom is -0.373 e. The number of rotatable bonds is 6.